The fourth-order valence-electron chi connectivity index (χ4n) is 3.87. The number of benzene rings is 1. The van der Waals surface area contributed by atoms with E-state index in [9.17, 15) is 27.2 Å². The van der Waals surface area contributed by atoms with Gasteiger partial charge in [-0.2, -0.15) is 5.10 Å². The first kappa shape index (κ1) is 21.9. The Bertz CT molecular complexity index is 1090. The molecule has 0 aliphatic carbocycles. The molecule has 0 bridgehead atoms. The quantitative estimate of drug-likeness (QED) is 0.701. The van der Waals surface area contributed by atoms with Gasteiger partial charge in [0.25, 0.3) is 6.43 Å². The van der Waals surface area contributed by atoms with Crippen LogP contribution < -0.4 is 10.2 Å². The topological polar surface area (TPSA) is 79.7 Å². The molecule has 2 aromatic rings. The zero-order valence-electron chi connectivity index (χ0n) is 17.5. The summed E-state index contributed by atoms with van der Waals surface area (Å²) in [5, 5.41) is 6.65. The van der Waals surface area contributed by atoms with E-state index in [0.29, 0.717) is 36.6 Å². The molecule has 1 aromatic heterocycles. The number of amides is 3. The number of hydrogen-bond acceptors (Lipinski definition) is 4. The summed E-state index contributed by atoms with van der Waals surface area (Å²) in [5.41, 5.74) is -1.02. The highest BCUT2D eigenvalue weighted by atomic mass is 19.3. The van der Waals surface area contributed by atoms with Gasteiger partial charge >= 0.3 is 12.1 Å². The van der Waals surface area contributed by atoms with Crippen LogP contribution in [-0.4, -0.2) is 45.0 Å². The molecule has 12 heteroatoms. The average molecular weight is 455 g/mol. The van der Waals surface area contributed by atoms with Crippen LogP contribution in [0.25, 0.3) is 0 Å². The molecule has 3 heterocycles. The average Bonchev–Trinajstić information content (AvgIpc) is 3.21. The van der Waals surface area contributed by atoms with Crippen LogP contribution in [-0.2, 0) is 17.8 Å². The van der Waals surface area contributed by atoms with E-state index >= 15 is 0 Å². The molecule has 1 N–H and O–H groups in total. The number of ether oxygens (including phenoxy) is 1. The number of nitrogens with one attached hydrogen (secondary N) is 1. The van der Waals surface area contributed by atoms with Crippen LogP contribution in [0.2, 0.25) is 0 Å². The van der Waals surface area contributed by atoms with Gasteiger partial charge in [0.1, 0.15) is 5.60 Å². The number of carbonyl (C=O) groups is 2. The van der Waals surface area contributed by atoms with E-state index in [1.54, 1.807) is 25.5 Å². The highest BCUT2D eigenvalue weighted by molar-refractivity contribution is 5.92. The van der Waals surface area contributed by atoms with Gasteiger partial charge in [-0.25, -0.2) is 27.2 Å². The van der Waals surface area contributed by atoms with Crippen molar-refractivity contribution in [1.82, 2.24) is 14.7 Å². The summed E-state index contributed by atoms with van der Waals surface area (Å²) in [5.74, 6) is -3.14. The van der Waals surface area contributed by atoms with E-state index < -0.39 is 41.3 Å². The molecule has 1 atom stereocenters. The first-order chi connectivity index (χ1) is 15.0. The molecular weight excluding hydrogens is 434 g/mol. The minimum absolute atomic E-state index is 0.0535. The summed E-state index contributed by atoms with van der Waals surface area (Å²) in [7, 11) is 0. The summed E-state index contributed by atoms with van der Waals surface area (Å²) >= 11 is 0. The molecule has 0 unspecified atom stereocenters. The second-order valence-corrected chi connectivity index (χ2v) is 8.44. The van der Waals surface area contributed by atoms with Crippen LogP contribution in [0.3, 0.4) is 0 Å². The largest absolute Gasteiger partial charge is 0.441 e. The van der Waals surface area contributed by atoms with Gasteiger partial charge in [-0.15, -0.1) is 0 Å². The molecule has 1 saturated heterocycles. The van der Waals surface area contributed by atoms with E-state index in [4.69, 9.17) is 4.74 Å². The van der Waals surface area contributed by atoms with Gasteiger partial charge in [0.15, 0.2) is 11.6 Å². The highest BCUT2D eigenvalue weighted by Crippen LogP contribution is 2.33. The summed E-state index contributed by atoms with van der Waals surface area (Å²) in [6.07, 6.45) is -2.24. The predicted octanol–water partition coefficient (Wildman–Crippen LogP) is 4.27. The summed E-state index contributed by atoms with van der Waals surface area (Å²) in [6, 6.07) is 0.308. The maximum Gasteiger partial charge on any atom is 0.415 e. The molecule has 32 heavy (non-hydrogen) atoms. The van der Waals surface area contributed by atoms with Gasteiger partial charge in [0.05, 0.1) is 48.8 Å². The van der Waals surface area contributed by atoms with Gasteiger partial charge < -0.3 is 15.0 Å². The number of urea groups is 1. The number of nitrogens with zero attached hydrogens (tertiary/aromatic N) is 4. The molecule has 8 nitrogen and oxygen atoms in total. The van der Waals surface area contributed by atoms with Crippen molar-refractivity contribution in [3.8, 4) is 0 Å². The molecule has 3 amide bonds. The van der Waals surface area contributed by atoms with Gasteiger partial charge in [-0.3, -0.25) is 9.58 Å². The van der Waals surface area contributed by atoms with Crippen LogP contribution in [0, 0.1) is 11.6 Å². The minimum atomic E-state index is -3.24. The molecule has 0 spiro atoms. The first-order valence-corrected chi connectivity index (χ1v) is 9.87. The first-order valence-electron chi connectivity index (χ1n) is 9.87. The van der Waals surface area contributed by atoms with Crippen molar-refractivity contribution in [3.63, 3.8) is 0 Å². The molecule has 1 aromatic carbocycles. The second kappa shape index (κ2) is 7.68. The second-order valence-electron chi connectivity index (χ2n) is 8.44. The maximum atomic E-state index is 13.7. The molecule has 1 fully saturated rings. The zero-order valence-corrected chi connectivity index (χ0v) is 17.5. The molecule has 0 radical (unpaired) electrons. The van der Waals surface area contributed by atoms with Crippen molar-refractivity contribution >= 4 is 23.5 Å². The number of alkyl halides is 2. The van der Waals surface area contributed by atoms with Gasteiger partial charge in [0, 0.05) is 11.8 Å². The third kappa shape index (κ3) is 3.84. The van der Waals surface area contributed by atoms with E-state index in [-0.39, 0.29) is 18.3 Å². The Hall–Kier alpha value is -3.31. The minimum Gasteiger partial charge on any atom is -0.441 e. The van der Waals surface area contributed by atoms with Gasteiger partial charge in [-0.05, 0) is 26.8 Å². The smallest absolute Gasteiger partial charge is 0.415 e. The van der Waals surface area contributed by atoms with Crippen LogP contribution in [0.15, 0.2) is 18.3 Å². The normalized spacial score (nSPS) is 19.9. The van der Waals surface area contributed by atoms with Crippen LogP contribution in [0.4, 0.5) is 38.5 Å². The lowest BCUT2D eigenvalue weighted by atomic mass is 10.1. The third-order valence-electron chi connectivity index (χ3n) is 5.43. The number of halogens is 4. The number of anilines is 2. The predicted molar refractivity (Wildman–Crippen MR) is 105 cm³/mol. The van der Waals surface area contributed by atoms with Crippen molar-refractivity contribution in [2.24, 2.45) is 0 Å². The Kier molecular flexibility index (Phi) is 5.25. The fraction of sp³-hybridized carbons (Fsp3) is 0.450. The van der Waals surface area contributed by atoms with Crippen molar-refractivity contribution in [1.29, 1.82) is 0 Å². The van der Waals surface area contributed by atoms with Gasteiger partial charge in [0.2, 0.25) is 0 Å². The third-order valence-corrected chi connectivity index (χ3v) is 5.43. The zero-order chi connectivity index (χ0) is 23.4. The van der Waals surface area contributed by atoms with Crippen LogP contribution >= 0.6 is 0 Å². The summed E-state index contributed by atoms with van der Waals surface area (Å²) in [6.45, 7) is 5.98. The maximum absolute atomic E-state index is 13.7. The van der Waals surface area contributed by atoms with E-state index in [2.05, 4.69) is 10.4 Å². The van der Waals surface area contributed by atoms with Crippen molar-refractivity contribution in [2.75, 3.05) is 16.8 Å². The highest BCUT2D eigenvalue weighted by Gasteiger charge is 2.41. The number of carbonyl (C=O) groups excluding carboxylic acids is 2. The Morgan fingerprint density at radius 2 is 2.03 bits per heavy atom. The van der Waals surface area contributed by atoms with E-state index in [1.807, 2.05) is 0 Å². The molecule has 2 aliphatic rings. The number of hydrogen-bond donors (Lipinski definition) is 1. The molecule has 2 aliphatic heterocycles. The summed E-state index contributed by atoms with van der Waals surface area (Å²) < 4.78 is 60.2. The Labute approximate surface area is 180 Å². The molecule has 0 saturated carbocycles. The molecular formula is C20H21F4N5O3. The van der Waals surface area contributed by atoms with E-state index in [0.717, 1.165) is 0 Å². The lowest BCUT2D eigenvalue weighted by Gasteiger charge is -2.34. The van der Waals surface area contributed by atoms with Gasteiger partial charge in [-0.1, -0.05) is 0 Å². The lowest BCUT2D eigenvalue weighted by Crippen LogP contribution is -2.47. The standard InChI is InChI=1S/C20H21F4N5O3/c1-10-7-29-15(14(6-25-29)28-9-20(2,3)32-19(28)31)8-27(10)18(30)26-11-4-12(17(23)24)16(22)13(21)5-11/h4-6,10,17H,7-9H2,1-3H3,(H,26,30)/t10-/m0/s1. The molecule has 4 rings (SSSR count). The van der Waals surface area contributed by atoms with E-state index in [1.165, 1.54) is 16.0 Å². The lowest BCUT2D eigenvalue weighted by molar-refractivity contribution is 0.0871. The summed E-state index contributed by atoms with van der Waals surface area (Å²) in [4.78, 5) is 28.0. The Balaban J connectivity index is 1.57. The number of cyclic esters (lactones) is 1. The number of aromatic nitrogens is 2. The monoisotopic (exact) mass is 455 g/mol. The number of rotatable bonds is 3. The van der Waals surface area contributed by atoms with Crippen molar-refractivity contribution in [3.05, 3.63) is 41.2 Å². The SMILES string of the molecule is C[C@H]1Cn2ncc(N3CC(C)(C)OC3=O)c2CN1C(=O)Nc1cc(F)c(F)c(C(F)F)c1. The van der Waals surface area contributed by atoms with Crippen LogP contribution in [0.5, 0.6) is 0 Å². The van der Waals surface area contributed by atoms with Crippen molar-refractivity contribution < 1.29 is 31.9 Å². The fourth-order valence-corrected chi connectivity index (χ4v) is 3.87. The molecule has 172 valence electrons. The Morgan fingerprint density at radius 3 is 2.66 bits per heavy atom. The number of fused-ring (bicyclic) bond motifs is 1. The van der Waals surface area contributed by atoms with Crippen LogP contribution in [0.1, 0.15) is 38.5 Å². The Morgan fingerprint density at radius 1 is 1.31 bits per heavy atom. The van der Waals surface area contributed by atoms with Crippen molar-refractivity contribution in [2.45, 2.75) is 51.9 Å².